The number of nitrogens with one attached hydrogen (secondary N) is 1. The molecule has 1 N–H and O–H groups in total. The topological polar surface area (TPSA) is 94.6 Å². The van der Waals surface area contributed by atoms with Gasteiger partial charge < -0.3 is 14.8 Å². The number of anilines is 1. The highest BCUT2D eigenvalue weighted by atomic mass is 32.2. The number of fused-ring (bicyclic) bond motifs is 1. The number of hydrogen-bond donors (Lipinski definition) is 1. The molecule has 4 rings (SSSR count). The Hall–Kier alpha value is -2.37. The van der Waals surface area contributed by atoms with Gasteiger partial charge in [0.2, 0.25) is 11.6 Å². The van der Waals surface area contributed by atoms with Crippen LogP contribution in [-0.4, -0.2) is 71.8 Å². The molecule has 4 heterocycles. The number of aromatic nitrogens is 6. The zero-order valence-corrected chi connectivity index (χ0v) is 20.2. The van der Waals surface area contributed by atoms with E-state index in [4.69, 9.17) is 14.5 Å². The average molecular weight is 461 g/mol. The van der Waals surface area contributed by atoms with Gasteiger partial charge in [0.25, 0.3) is 0 Å². The summed E-state index contributed by atoms with van der Waals surface area (Å²) in [6.45, 7) is 10.6. The van der Waals surface area contributed by atoms with Crippen molar-refractivity contribution in [2.45, 2.75) is 58.9 Å². The van der Waals surface area contributed by atoms with E-state index in [2.05, 4.69) is 31.1 Å². The Morgan fingerprint density at radius 2 is 2.03 bits per heavy atom. The van der Waals surface area contributed by atoms with Crippen molar-refractivity contribution in [1.82, 2.24) is 33.7 Å². The van der Waals surface area contributed by atoms with Crippen LogP contribution in [0.15, 0.2) is 18.7 Å². The van der Waals surface area contributed by atoms with Gasteiger partial charge in [0.1, 0.15) is 18.2 Å². The Balaban J connectivity index is 1.63. The third-order valence-corrected chi connectivity index (χ3v) is 6.28. The first-order chi connectivity index (χ1) is 15.5. The van der Waals surface area contributed by atoms with Crippen molar-refractivity contribution in [1.29, 1.82) is 0 Å². The maximum Gasteiger partial charge on any atom is 0.243 e. The van der Waals surface area contributed by atoms with Crippen molar-refractivity contribution in [3.05, 3.63) is 18.7 Å². The molecule has 1 unspecified atom stereocenters. The molecule has 0 spiro atoms. The van der Waals surface area contributed by atoms with E-state index in [0.717, 1.165) is 31.5 Å². The molecule has 0 aromatic carbocycles. The Bertz CT molecular complexity index is 1030. The third-order valence-electron chi connectivity index (χ3n) is 5.40. The van der Waals surface area contributed by atoms with Crippen LogP contribution < -0.4 is 10.1 Å². The standard InChI is InChI=1S/C21H32N8O2S/c1-6-30-15(4)28-12-16(11-23-28)18-19(31-14(2)3)20-25-21(26-29(20)13-22-18)24-17-7-9-27(32-5)10-8-17/h11-15,17H,6-10H2,1-5H3,(H,24,26). The molecule has 11 heteroatoms. The molecule has 0 amide bonds. The highest BCUT2D eigenvalue weighted by Crippen LogP contribution is 2.33. The normalized spacial score (nSPS) is 16.7. The summed E-state index contributed by atoms with van der Waals surface area (Å²) in [6, 6.07) is 0.357. The lowest BCUT2D eigenvalue weighted by molar-refractivity contribution is 0.0160. The molecule has 1 atom stereocenters. The van der Waals surface area contributed by atoms with E-state index >= 15 is 0 Å². The van der Waals surface area contributed by atoms with Crippen molar-refractivity contribution in [3.8, 4) is 17.0 Å². The van der Waals surface area contributed by atoms with E-state index < -0.39 is 0 Å². The molecule has 32 heavy (non-hydrogen) atoms. The molecule has 10 nitrogen and oxygen atoms in total. The fourth-order valence-electron chi connectivity index (χ4n) is 3.79. The van der Waals surface area contributed by atoms with E-state index in [1.54, 1.807) is 33.7 Å². The summed E-state index contributed by atoms with van der Waals surface area (Å²) in [6.07, 6.45) is 9.42. The summed E-state index contributed by atoms with van der Waals surface area (Å²) in [5, 5.41) is 12.5. The molecule has 1 fully saturated rings. The van der Waals surface area contributed by atoms with Crippen LogP contribution in [0.3, 0.4) is 0 Å². The minimum absolute atomic E-state index is 0.0388. The molecular weight excluding hydrogens is 428 g/mol. The Morgan fingerprint density at radius 3 is 2.72 bits per heavy atom. The maximum atomic E-state index is 6.17. The van der Waals surface area contributed by atoms with Crippen LogP contribution in [0.5, 0.6) is 5.75 Å². The van der Waals surface area contributed by atoms with Gasteiger partial charge in [0.15, 0.2) is 5.75 Å². The van der Waals surface area contributed by atoms with Gasteiger partial charge in [0, 0.05) is 37.5 Å². The predicted octanol–water partition coefficient (Wildman–Crippen LogP) is 3.48. The highest BCUT2D eigenvalue weighted by molar-refractivity contribution is 7.96. The van der Waals surface area contributed by atoms with Crippen molar-refractivity contribution in [3.63, 3.8) is 0 Å². The molecule has 0 bridgehead atoms. The Kier molecular flexibility index (Phi) is 7.17. The lowest BCUT2D eigenvalue weighted by Gasteiger charge is -2.30. The van der Waals surface area contributed by atoms with Gasteiger partial charge in [-0.05, 0) is 46.8 Å². The van der Waals surface area contributed by atoms with E-state index in [1.807, 2.05) is 33.9 Å². The van der Waals surface area contributed by atoms with Gasteiger partial charge in [0.05, 0.1) is 12.3 Å². The summed E-state index contributed by atoms with van der Waals surface area (Å²) in [5.74, 6) is 1.20. The SMILES string of the molecule is CCOC(C)n1cc(-c2ncn3nc(NC4CCN(SC)CC4)nc3c2OC(C)C)cn1. The van der Waals surface area contributed by atoms with Gasteiger partial charge in [-0.2, -0.15) is 14.6 Å². The van der Waals surface area contributed by atoms with Gasteiger partial charge in [-0.3, -0.25) is 4.31 Å². The van der Waals surface area contributed by atoms with E-state index in [0.29, 0.717) is 35.7 Å². The predicted molar refractivity (Wildman–Crippen MR) is 126 cm³/mol. The third kappa shape index (κ3) is 5.00. The molecule has 1 aliphatic rings. The fraction of sp³-hybridized carbons (Fsp3) is 0.619. The number of rotatable bonds is 9. The quantitative estimate of drug-likeness (QED) is 0.482. The molecule has 0 aliphatic carbocycles. The molecule has 1 saturated heterocycles. The summed E-state index contributed by atoms with van der Waals surface area (Å²) in [5.41, 5.74) is 2.17. The van der Waals surface area contributed by atoms with Crippen LogP contribution in [-0.2, 0) is 4.74 Å². The first-order valence-electron chi connectivity index (χ1n) is 11.1. The number of hydrogen-bond acceptors (Lipinski definition) is 9. The molecule has 0 radical (unpaired) electrons. The second kappa shape index (κ2) is 10.1. The average Bonchev–Trinajstić information content (AvgIpc) is 3.42. The number of ether oxygens (including phenoxy) is 2. The van der Waals surface area contributed by atoms with Gasteiger partial charge in [-0.15, -0.1) is 5.10 Å². The molecule has 3 aromatic rings. The summed E-state index contributed by atoms with van der Waals surface area (Å²) >= 11 is 1.80. The summed E-state index contributed by atoms with van der Waals surface area (Å²) < 4.78 is 17.6. The van der Waals surface area contributed by atoms with Crippen molar-refractivity contribution >= 4 is 23.5 Å². The molecule has 0 saturated carbocycles. The Morgan fingerprint density at radius 1 is 1.25 bits per heavy atom. The molecular formula is C21H32N8O2S. The largest absolute Gasteiger partial charge is 0.485 e. The van der Waals surface area contributed by atoms with Crippen molar-refractivity contribution in [2.75, 3.05) is 31.3 Å². The van der Waals surface area contributed by atoms with Crippen molar-refractivity contribution < 1.29 is 9.47 Å². The number of piperidine rings is 1. The van der Waals surface area contributed by atoms with E-state index in [-0.39, 0.29) is 12.3 Å². The van der Waals surface area contributed by atoms with Crippen LogP contribution in [0, 0.1) is 0 Å². The van der Waals surface area contributed by atoms with Crippen LogP contribution in [0.2, 0.25) is 0 Å². The first kappa shape index (κ1) is 22.8. The number of nitrogens with zero attached hydrogens (tertiary/aromatic N) is 7. The second-order valence-electron chi connectivity index (χ2n) is 8.09. The zero-order valence-electron chi connectivity index (χ0n) is 19.4. The van der Waals surface area contributed by atoms with Crippen LogP contribution in [0.1, 0.15) is 46.8 Å². The highest BCUT2D eigenvalue weighted by Gasteiger charge is 2.23. The summed E-state index contributed by atoms with van der Waals surface area (Å²) in [4.78, 5) is 9.40. The van der Waals surface area contributed by atoms with E-state index in [9.17, 15) is 0 Å². The minimum Gasteiger partial charge on any atom is -0.485 e. The molecule has 174 valence electrons. The second-order valence-corrected chi connectivity index (χ2v) is 8.97. The Labute approximate surface area is 192 Å². The minimum atomic E-state index is -0.159. The van der Waals surface area contributed by atoms with Crippen LogP contribution >= 0.6 is 11.9 Å². The summed E-state index contributed by atoms with van der Waals surface area (Å²) in [7, 11) is 0. The monoisotopic (exact) mass is 460 g/mol. The maximum absolute atomic E-state index is 6.17. The van der Waals surface area contributed by atoms with Crippen molar-refractivity contribution in [2.24, 2.45) is 0 Å². The van der Waals surface area contributed by atoms with Gasteiger partial charge in [-0.1, -0.05) is 11.9 Å². The van der Waals surface area contributed by atoms with Gasteiger partial charge in [-0.25, -0.2) is 9.67 Å². The lowest BCUT2D eigenvalue weighted by Crippen LogP contribution is -2.35. The van der Waals surface area contributed by atoms with Crippen LogP contribution in [0.4, 0.5) is 5.95 Å². The lowest BCUT2D eigenvalue weighted by atomic mass is 10.1. The van der Waals surface area contributed by atoms with Crippen LogP contribution in [0.25, 0.3) is 16.9 Å². The van der Waals surface area contributed by atoms with Gasteiger partial charge >= 0.3 is 0 Å². The first-order valence-corrected chi connectivity index (χ1v) is 12.3. The molecule has 3 aromatic heterocycles. The molecule has 1 aliphatic heterocycles. The smallest absolute Gasteiger partial charge is 0.243 e. The fourth-order valence-corrected chi connectivity index (χ4v) is 4.36. The van der Waals surface area contributed by atoms with E-state index in [1.165, 1.54) is 0 Å². The zero-order chi connectivity index (χ0) is 22.7.